The van der Waals surface area contributed by atoms with Crippen molar-refractivity contribution in [3.05, 3.63) is 388 Å². The van der Waals surface area contributed by atoms with Gasteiger partial charge in [-0.15, -0.1) is 0 Å². The van der Waals surface area contributed by atoms with Crippen LogP contribution in [-0.4, -0.2) is 0 Å². The van der Waals surface area contributed by atoms with E-state index in [1.165, 1.54) is 186 Å². The molecule has 0 nitrogen and oxygen atoms in total. The highest BCUT2D eigenvalue weighted by atomic mass is 14.2. The van der Waals surface area contributed by atoms with E-state index in [1.54, 1.807) is 0 Å². The molecule has 0 aliphatic carbocycles. The van der Waals surface area contributed by atoms with Gasteiger partial charge >= 0.3 is 0 Å². The highest BCUT2D eigenvalue weighted by Crippen LogP contribution is 2.48. The third kappa shape index (κ3) is 10.6. The molecular formula is C98H64. The van der Waals surface area contributed by atoms with Gasteiger partial charge in [-0.2, -0.15) is 0 Å². The zero-order chi connectivity index (χ0) is 64.9. The Morgan fingerprint density at radius 2 is 0.357 bits per heavy atom. The van der Waals surface area contributed by atoms with Crippen LogP contribution >= 0.6 is 0 Å². The molecule has 0 amide bonds. The Kier molecular flexibility index (Phi) is 14.7. The van der Waals surface area contributed by atoms with Crippen molar-refractivity contribution in [2.45, 2.75) is 0 Å². The Labute approximate surface area is 570 Å². The summed E-state index contributed by atoms with van der Waals surface area (Å²) in [7, 11) is 0. The van der Waals surface area contributed by atoms with Crippen LogP contribution in [0.4, 0.5) is 0 Å². The number of hydrogen-bond donors (Lipinski definition) is 0. The maximum atomic E-state index is 2.39. The maximum Gasteiger partial charge on any atom is -0.00259 e. The van der Waals surface area contributed by atoms with E-state index in [0.29, 0.717) is 0 Å². The lowest BCUT2D eigenvalue weighted by atomic mass is 9.84. The number of hydrogen-bond acceptors (Lipinski definition) is 0. The van der Waals surface area contributed by atoms with E-state index in [2.05, 4.69) is 388 Å². The molecule has 0 atom stereocenters. The highest BCUT2D eigenvalue weighted by molar-refractivity contribution is 6.24. The molecule has 0 saturated heterocycles. The lowest BCUT2D eigenvalue weighted by Crippen LogP contribution is -1.92. The van der Waals surface area contributed by atoms with Crippen LogP contribution in [0.1, 0.15) is 0 Å². The molecule has 0 aliphatic rings. The molecule has 0 saturated carbocycles. The maximum absolute atomic E-state index is 2.39. The van der Waals surface area contributed by atoms with Crippen LogP contribution in [0.2, 0.25) is 0 Å². The highest BCUT2D eigenvalue weighted by Gasteiger charge is 2.21. The summed E-state index contributed by atoms with van der Waals surface area (Å²) in [5.74, 6) is 0. The smallest absolute Gasteiger partial charge is 0.00259 e. The first-order valence-electron chi connectivity index (χ1n) is 33.9. The molecule has 0 fully saturated rings. The quantitative estimate of drug-likeness (QED) is 0.126. The molecule has 19 aromatic rings. The fourth-order valence-corrected chi connectivity index (χ4v) is 15.3. The van der Waals surface area contributed by atoms with Crippen LogP contribution in [0.15, 0.2) is 388 Å². The Morgan fingerprint density at radius 1 is 0.102 bits per heavy atom. The van der Waals surface area contributed by atoms with Crippen LogP contribution in [0.25, 0.3) is 186 Å². The second kappa shape index (κ2) is 24.9. The summed E-state index contributed by atoms with van der Waals surface area (Å²) >= 11 is 0. The Balaban J connectivity index is 0.000000143. The first-order valence-corrected chi connectivity index (χ1v) is 33.9. The van der Waals surface area contributed by atoms with Crippen molar-refractivity contribution in [1.82, 2.24) is 0 Å². The molecule has 0 heteroatoms. The van der Waals surface area contributed by atoms with Crippen molar-refractivity contribution >= 4 is 86.2 Å². The van der Waals surface area contributed by atoms with E-state index in [1.807, 2.05) is 0 Å². The minimum Gasteiger partial charge on any atom is -0.0622 e. The van der Waals surface area contributed by atoms with Crippen molar-refractivity contribution in [2.24, 2.45) is 0 Å². The average molecular weight is 1240 g/mol. The third-order valence-electron chi connectivity index (χ3n) is 20.0. The number of rotatable bonds is 9. The van der Waals surface area contributed by atoms with Crippen molar-refractivity contribution in [1.29, 1.82) is 0 Å². The number of fused-ring (bicyclic) bond motifs is 8. The van der Waals surface area contributed by atoms with E-state index < -0.39 is 0 Å². The van der Waals surface area contributed by atoms with Gasteiger partial charge in [-0.25, -0.2) is 0 Å². The largest absolute Gasteiger partial charge is 0.0622 e. The first-order chi connectivity index (χ1) is 48.6. The van der Waals surface area contributed by atoms with Gasteiger partial charge in [0.2, 0.25) is 0 Å². The van der Waals surface area contributed by atoms with Crippen LogP contribution in [0.5, 0.6) is 0 Å². The lowest BCUT2D eigenvalue weighted by molar-refractivity contribution is 1.58. The van der Waals surface area contributed by atoms with Crippen molar-refractivity contribution in [3.8, 4) is 100 Å². The van der Waals surface area contributed by atoms with Gasteiger partial charge in [-0.3, -0.25) is 0 Å². The molecule has 0 bridgehead atoms. The summed E-state index contributed by atoms with van der Waals surface area (Å²) in [4.78, 5) is 0. The topological polar surface area (TPSA) is 0 Å². The zero-order valence-corrected chi connectivity index (χ0v) is 54.0. The van der Waals surface area contributed by atoms with E-state index in [0.717, 1.165) is 0 Å². The molecule has 456 valence electrons. The first kappa shape index (κ1) is 57.9. The summed E-state index contributed by atoms with van der Waals surface area (Å²) in [5.41, 5.74) is 22.3. The fraction of sp³-hybridized carbons (Fsp3) is 0. The Hall–Kier alpha value is -12.7. The van der Waals surface area contributed by atoms with Crippen LogP contribution in [-0.2, 0) is 0 Å². The van der Waals surface area contributed by atoms with Crippen molar-refractivity contribution in [3.63, 3.8) is 0 Å². The van der Waals surface area contributed by atoms with Gasteiger partial charge in [-0.1, -0.05) is 334 Å². The van der Waals surface area contributed by atoms with E-state index in [4.69, 9.17) is 0 Å². The zero-order valence-electron chi connectivity index (χ0n) is 54.0. The van der Waals surface area contributed by atoms with Gasteiger partial charge in [0.05, 0.1) is 0 Å². The van der Waals surface area contributed by atoms with Gasteiger partial charge in [0.15, 0.2) is 0 Å². The standard InChI is InChI=1S/C52H34.C46H30/c1-3-13-35(14-4-1)44-32-45(36-15-5-2-6-16-36)34-46(33-44)52-49-21-11-9-19-47(49)51(48-20-10-12-22-50(48)52)42-28-25-38-24-27-41(30-43(38)31-42)40-26-23-37-17-7-8-18-39(37)29-40;1-2-12-31(13-3-1)34-16-10-17-36(28-34)45-41-19-6-8-21-43(41)46(44-22-9-7-20-42(44)45)37-27-25-32-24-26-35(29-38(32)30-37)40-23-11-15-33-14-4-5-18-39(33)40/h1-34H;1-30H. The predicted molar refractivity (Wildman–Crippen MR) is 422 cm³/mol. The predicted octanol–water partition coefficient (Wildman–Crippen LogP) is 27.6. The monoisotopic (exact) mass is 1240 g/mol. The second-order valence-electron chi connectivity index (χ2n) is 25.8. The molecule has 0 spiro atoms. The summed E-state index contributed by atoms with van der Waals surface area (Å²) < 4.78 is 0. The molecular weight excluding hydrogens is 1180 g/mol. The average Bonchev–Trinajstić information content (AvgIpc) is 0.737. The molecule has 0 heterocycles. The van der Waals surface area contributed by atoms with E-state index >= 15 is 0 Å². The summed E-state index contributed by atoms with van der Waals surface area (Å²) in [6.45, 7) is 0. The second-order valence-corrected chi connectivity index (χ2v) is 25.8. The summed E-state index contributed by atoms with van der Waals surface area (Å²) in [6, 6.07) is 142. The van der Waals surface area contributed by atoms with E-state index in [9.17, 15) is 0 Å². The minimum atomic E-state index is 1.21. The van der Waals surface area contributed by atoms with Crippen molar-refractivity contribution < 1.29 is 0 Å². The molecule has 0 aromatic heterocycles. The Bertz CT molecular complexity index is 6100. The molecule has 19 rings (SSSR count). The van der Waals surface area contributed by atoms with Crippen LogP contribution in [0.3, 0.4) is 0 Å². The number of benzene rings is 19. The fourth-order valence-electron chi connectivity index (χ4n) is 15.3. The van der Waals surface area contributed by atoms with Gasteiger partial charge in [0.25, 0.3) is 0 Å². The van der Waals surface area contributed by atoms with Crippen LogP contribution < -0.4 is 0 Å². The summed E-state index contributed by atoms with van der Waals surface area (Å²) in [5, 5.41) is 20.1. The molecule has 0 N–H and O–H groups in total. The molecule has 0 aliphatic heterocycles. The normalized spacial score (nSPS) is 11.5. The molecule has 98 heavy (non-hydrogen) atoms. The Morgan fingerprint density at radius 3 is 0.827 bits per heavy atom. The molecule has 0 radical (unpaired) electrons. The molecule has 19 aromatic carbocycles. The van der Waals surface area contributed by atoms with Gasteiger partial charge in [0.1, 0.15) is 0 Å². The van der Waals surface area contributed by atoms with Crippen LogP contribution in [0, 0.1) is 0 Å². The van der Waals surface area contributed by atoms with E-state index in [-0.39, 0.29) is 0 Å². The summed E-state index contributed by atoms with van der Waals surface area (Å²) in [6.07, 6.45) is 0. The van der Waals surface area contributed by atoms with Gasteiger partial charge < -0.3 is 0 Å². The SMILES string of the molecule is c1ccc(-c2cc(-c3ccccc3)cc(-c3c4ccccc4c(-c4ccc5ccc(-c6ccc7ccccc7c6)cc5c4)c4ccccc34)c2)cc1.c1ccc(-c2cccc(-c3c4ccccc4c(-c4ccc5ccc(-c6cccc7ccccc67)cc5c4)c4ccccc34)c2)cc1. The lowest BCUT2D eigenvalue weighted by Gasteiger charge is -2.19. The third-order valence-corrected chi connectivity index (χ3v) is 20.0. The molecule has 0 unspecified atom stereocenters. The van der Waals surface area contributed by atoms with Crippen molar-refractivity contribution in [2.75, 3.05) is 0 Å². The minimum absolute atomic E-state index is 1.21. The van der Waals surface area contributed by atoms with Gasteiger partial charge in [-0.05, 0) is 241 Å². The van der Waals surface area contributed by atoms with Gasteiger partial charge in [0, 0.05) is 0 Å².